The Hall–Kier alpha value is -1.90. The Morgan fingerprint density at radius 1 is 1.04 bits per heavy atom. The summed E-state index contributed by atoms with van der Waals surface area (Å²) in [4.78, 5) is 23.1. The lowest BCUT2D eigenvalue weighted by Gasteiger charge is -2.42. The van der Waals surface area contributed by atoms with Crippen molar-refractivity contribution in [2.45, 2.75) is 64.7 Å². The van der Waals surface area contributed by atoms with Crippen LogP contribution >= 0.6 is 0 Å². The van der Waals surface area contributed by atoms with Gasteiger partial charge in [0.25, 0.3) is 0 Å². The Bertz CT molecular complexity index is 678. The van der Waals surface area contributed by atoms with Crippen LogP contribution in [0.3, 0.4) is 0 Å². The smallest absolute Gasteiger partial charge is 0.328 e. The molecule has 3 heteroatoms. The van der Waals surface area contributed by atoms with E-state index in [0.29, 0.717) is 5.56 Å². The summed E-state index contributed by atoms with van der Waals surface area (Å²) in [6.07, 6.45) is 5.03. The van der Waals surface area contributed by atoms with Crippen LogP contribution in [0.5, 0.6) is 0 Å². The van der Waals surface area contributed by atoms with Gasteiger partial charge in [0.2, 0.25) is 0 Å². The number of carbonyl (C=O) groups is 2. The molecule has 0 spiro atoms. The van der Waals surface area contributed by atoms with Crippen molar-refractivity contribution in [2.75, 3.05) is 0 Å². The van der Waals surface area contributed by atoms with E-state index in [2.05, 4.69) is 33.8 Å². The molecular formula is C20H26O3. The highest BCUT2D eigenvalue weighted by molar-refractivity contribution is 6.08. The van der Waals surface area contributed by atoms with Gasteiger partial charge in [0.05, 0.1) is 0 Å². The number of rotatable bonds is 4. The number of hydrogen-bond acceptors (Lipinski definition) is 2. The largest absolute Gasteiger partial charge is 0.478 e. The zero-order valence-electron chi connectivity index (χ0n) is 14.7. The summed E-state index contributed by atoms with van der Waals surface area (Å²) in [7, 11) is 0. The molecule has 1 aliphatic carbocycles. The van der Waals surface area contributed by atoms with Crippen LogP contribution in [0.2, 0.25) is 0 Å². The summed E-state index contributed by atoms with van der Waals surface area (Å²) in [5.41, 5.74) is 4.31. The second-order valence-corrected chi connectivity index (χ2v) is 7.71. The number of carbonyl (C=O) groups excluding carboxylic acids is 1. The first-order valence-corrected chi connectivity index (χ1v) is 8.22. The number of ketones is 1. The molecule has 23 heavy (non-hydrogen) atoms. The Kier molecular flexibility index (Phi) is 4.52. The molecule has 0 aliphatic heterocycles. The Morgan fingerprint density at radius 2 is 1.57 bits per heavy atom. The van der Waals surface area contributed by atoms with E-state index in [1.54, 1.807) is 0 Å². The first-order chi connectivity index (χ1) is 10.6. The van der Waals surface area contributed by atoms with Gasteiger partial charge in [0, 0.05) is 11.6 Å². The zero-order chi connectivity index (χ0) is 17.4. The quantitative estimate of drug-likeness (QED) is 0.661. The van der Waals surface area contributed by atoms with Crippen molar-refractivity contribution in [3.05, 3.63) is 46.5 Å². The van der Waals surface area contributed by atoms with Gasteiger partial charge >= 0.3 is 5.97 Å². The van der Waals surface area contributed by atoms with Crippen molar-refractivity contribution in [1.29, 1.82) is 0 Å². The van der Waals surface area contributed by atoms with Crippen LogP contribution in [0.15, 0.2) is 24.3 Å². The normalized spacial score (nSPS) is 18.7. The van der Waals surface area contributed by atoms with Crippen LogP contribution in [0, 0.1) is 0 Å². The van der Waals surface area contributed by atoms with E-state index in [9.17, 15) is 9.59 Å². The van der Waals surface area contributed by atoms with Crippen LogP contribution in [0.4, 0.5) is 0 Å². The minimum Gasteiger partial charge on any atom is -0.478 e. The lowest BCUT2D eigenvalue weighted by molar-refractivity contribution is -0.131. The maximum atomic E-state index is 12.4. The number of allylic oxidation sites excluding steroid dienone is 1. The highest BCUT2D eigenvalue weighted by Gasteiger charge is 2.37. The summed E-state index contributed by atoms with van der Waals surface area (Å²) in [6.45, 7) is 11.0. The molecule has 0 aromatic heterocycles. The van der Waals surface area contributed by atoms with Gasteiger partial charge in [0.15, 0.2) is 5.78 Å². The van der Waals surface area contributed by atoms with Crippen molar-refractivity contribution in [1.82, 2.24) is 0 Å². The molecular weight excluding hydrogens is 288 g/mol. The number of fused-ring (bicyclic) bond motifs is 1. The number of carboxylic acid groups (broad SMARTS) is 1. The molecule has 1 N–H and O–H groups in total. The summed E-state index contributed by atoms with van der Waals surface area (Å²) < 4.78 is 0. The van der Waals surface area contributed by atoms with Gasteiger partial charge in [-0.05, 0) is 58.9 Å². The monoisotopic (exact) mass is 314 g/mol. The lowest BCUT2D eigenvalue weighted by atomic mass is 9.62. The van der Waals surface area contributed by atoms with E-state index in [1.165, 1.54) is 11.1 Å². The third-order valence-corrected chi connectivity index (χ3v) is 5.10. The van der Waals surface area contributed by atoms with Gasteiger partial charge < -0.3 is 5.11 Å². The standard InChI is InChI=1S/C20H26O3/c1-6-13-11-15-16(20(4,5)10-9-19(15,2)3)12-14(13)17(21)7-8-18(22)23/h7-8,11-12H,6,9-10H2,1-5H3,(H,22,23). The number of carboxylic acids is 1. The van der Waals surface area contributed by atoms with Gasteiger partial charge in [0.1, 0.15) is 0 Å². The van der Waals surface area contributed by atoms with Gasteiger partial charge in [-0.15, -0.1) is 0 Å². The van der Waals surface area contributed by atoms with Crippen LogP contribution in [-0.4, -0.2) is 16.9 Å². The molecule has 2 rings (SSSR count). The summed E-state index contributed by atoms with van der Waals surface area (Å²) in [5, 5.41) is 8.74. The lowest BCUT2D eigenvalue weighted by Crippen LogP contribution is -2.34. The number of benzene rings is 1. The molecule has 0 atom stereocenters. The predicted octanol–water partition coefficient (Wildman–Crippen LogP) is 4.42. The maximum Gasteiger partial charge on any atom is 0.328 e. The van der Waals surface area contributed by atoms with Crippen LogP contribution in [0.1, 0.15) is 74.5 Å². The molecule has 1 aromatic carbocycles. The van der Waals surface area contributed by atoms with E-state index in [4.69, 9.17) is 5.11 Å². The average molecular weight is 314 g/mol. The number of aryl methyl sites for hydroxylation is 1. The number of aliphatic carboxylic acids is 1. The minimum atomic E-state index is -1.10. The molecule has 3 nitrogen and oxygen atoms in total. The fraction of sp³-hybridized carbons (Fsp3) is 0.500. The van der Waals surface area contributed by atoms with E-state index < -0.39 is 5.97 Å². The first kappa shape index (κ1) is 17.5. The second-order valence-electron chi connectivity index (χ2n) is 7.71. The first-order valence-electron chi connectivity index (χ1n) is 8.22. The van der Waals surface area contributed by atoms with E-state index in [1.807, 2.05) is 13.0 Å². The SMILES string of the molecule is CCc1cc2c(cc1C(=O)C=CC(=O)O)C(C)(C)CCC2(C)C. The fourth-order valence-corrected chi connectivity index (χ4v) is 3.42. The fourth-order valence-electron chi connectivity index (χ4n) is 3.42. The summed E-state index contributed by atoms with van der Waals surface area (Å²) in [5.74, 6) is -1.33. The van der Waals surface area contributed by atoms with Crippen molar-refractivity contribution in [3.8, 4) is 0 Å². The molecule has 1 aliphatic rings. The van der Waals surface area contributed by atoms with Gasteiger partial charge in [-0.1, -0.05) is 40.7 Å². The maximum absolute atomic E-state index is 12.4. The molecule has 0 saturated heterocycles. The van der Waals surface area contributed by atoms with Crippen molar-refractivity contribution < 1.29 is 14.7 Å². The van der Waals surface area contributed by atoms with Crippen molar-refractivity contribution in [3.63, 3.8) is 0 Å². The highest BCUT2D eigenvalue weighted by Crippen LogP contribution is 2.46. The Morgan fingerprint density at radius 3 is 2.04 bits per heavy atom. The Labute approximate surface area is 138 Å². The van der Waals surface area contributed by atoms with Gasteiger partial charge in [-0.2, -0.15) is 0 Å². The predicted molar refractivity (Wildman–Crippen MR) is 92.2 cm³/mol. The second kappa shape index (κ2) is 5.95. The molecule has 0 unspecified atom stereocenters. The van der Waals surface area contributed by atoms with Crippen molar-refractivity contribution in [2.24, 2.45) is 0 Å². The molecule has 0 bridgehead atoms. The summed E-state index contributed by atoms with van der Waals surface area (Å²) in [6, 6.07) is 4.17. The third kappa shape index (κ3) is 3.39. The van der Waals surface area contributed by atoms with Crippen LogP contribution in [-0.2, 0) is 22.0 Å². The summed E-state index contributed by atoms with van der Waals surface area (Å²) >= 11 is 0. The van der Waals surface area contributed by atoms with Gasteiger partial charge in [-0.3, -0.25) is 4.79 Å². The van der Waals surface area contributed by atoms with E-state index >= 15 is 0 Å². The topological polar surface area (TPSA) is 54.4 Å². The minimum absolute atomic E-state index is 0.0304. The van der Waals surface area contributed by atoms with E-state index in [-0.39, 0.29) is 16.6 Å². The van der Waals surface area contributed by atoms with Gasteiger partial charge in [-0.25, -0.2) is 4.79 Å². The average Bonchev–Trinajstić information content (AvgIpc) is 2.48. The molecule has 0 fully saturated rings. The Balaban J connectivity index is 2.62. The van der Waals surface area contributed by atoms with Crippen LogP contribution < -0.4 is 0 Å². The molecule has 124 valence electrons. The highest BCUT2D eigenvalue weighted by atomic mass is 16.4. The zero-order valence-corrected chi connectivity index (χ0v) is 14.7. The van der Waals surface area contributed by atoms with E-state index in [0.717, 1.165) is 37.0 Å². The van der Waals surface area contributed by atoms with Crippen molar-refractivity contribution >= 4 is 11.8 Å². The number of hydrogen-bond donors (Lipinski definition) is 1. The molecule has 0 amide bonds. The third-order valence-electron chi connectivity index (χ3n) is 5.10. The molecule has 0 heterocycles. The molecule has 0 radical (unpaired) electrons. The molecule has 1 aromatic rings. The molecule has 0 saturated carbocycles. The van der Waals surface area contributed by atoms with Crippen LogP contribution in [0.25, 0.3) is 0 Å².